The van der Waals surface area contributed by atoms with Gasteiger partial charge in [-0.15, -0.1) is 0 Å². The zero-order valence-electron chi connectivity index (χ0n) is 13.8. The number of carbonyl (C=O) groups is 1. The van der Waals surface area contributed by atoms with E-state index >= 15 is 0 Å². The highest BCUT2D eigenvalue weighted by molar-refractivity contribution is 6.32. The number of aromatic amines is 1. The van der Waals surface area contributed by atoms with Crippen LogP contribution >= 0.6 is 11.6 Å². The maximum absolute atomic E-state index is 12.0. The lowest BCUT2D eigenvalue weighted by atomic mass is 10.1. The van der Waals surface area contributed by atoms with Gasteiger partial charge in [0.2, 0.25) is 12.7 Å². The summed E-state index contributed by atoms with van der Waals surface area (Å²) in [5, 5.41) is 3.13. The average Bonchev–Trinajstić information content (AvgIpc) is 3.01. The van der Waals surface area contributed by atoms with Gasteiger partial charge in [-0.2, -0.15) is 0 Å². The largest absolute Gasteiger partial charge is 0.454 e. The van der Waals surface area contributed by atoms with Gasteiger partial charge in [-0.25, -0.2) is 0 Å². The van der Waals surface area contributed by atoms with Crippen molar-refractivity contribution in [2.24, 2.45) is 0 Å². The van der Waals surface area contributed by atoms with Crippen molar-refractivity contribution in [3.63, 3.8) is 0 Å². The third kappa shape index (κ3) is 3.85. The van der Waals surface area contributed by atoms with Gasteiger partial charge in [0.1, 0.15) is 0 Å². The lowest BCUT2D eigenvalue weighted by molar-refractivity contribution is -0.116. The van der Waals surface area contributed by atoms with E-state index in [4.69, 9.17) is 21.1 Å². The second kappa shape index (κ2) is 7.03. The SMILES string of the molecule is Cc1cc(C)c(CNC(=O)C=Cc2cc(Cl)c3c(c2)OCO3)c(=O)[nH]1. The molecule has 2 heterocycles. The van der Waals surface area contributed by atoms with E-state index in [9.17, 15) is 9.59 Å². The molecular formula is C18H17ClN2O4. The van der Waals surface area contributed by atoms with Gasteiger partial charge in [0, 0.05) is 23.9 Å². The molecule has 0 fully saturated rings. The van der Waals surface area contributed by atoms with E-state index in [-0.39, 0.29) is 24.8 Å². The first-order chi connectivity index (χ1) is 11.9. The van der Waals surface area contributed by atoms with E-state index in [1.807, 2.05) is 19.9 Å². The Morgan fingerprint density at radius 3 is 2.88 bits per heavy atom. The summed E-state index contributed by atoms with van der Waals surface area (Å²) in [6, 6.07) is 5.30. The van der Waals surface area contributed by atoms with Gasteiger partial charge in [0.15, 0.2) is 11.5 Å². The van der Waals surface area contributed by atoms with Gasteiger partial charge < -0.3 is 19.8 Å². The van der Waals surface area contributed by atoms with Crippen molar-refractivity contribution < 1.29 is 14.3 Å². The van der Waals surface area contributed by atoms with Crippen LogP contribution in [0.2, 0.25) is 5.02 Å². The number of halogens is 1. The molecule has 130 valence electrons. The van der Waals surface area contributed by atoms with Gasteiger partial charge in [-0.3, -0.25) is 9.59 Å². The molecule has 7 heteroatoms. The first kappa shape index (κ1) is 17.1. The number of hydrogen-bond donors (Lipinski definition) is 2. The van der Waals surface area contributed by atoms with Crippen molar-refractivity contribution in [3.05, 3.63) is 62.0 Å². The van der Waals surface area contributed by atoms with Gasteiger partial charge in [-0.05, 0) is 49.2 Å². The fourth-order valence-electron chi connectivity index (χ4n) is 2.59. The number of nitrogens with one attached hydrogen (secondary N) is 2. The number of fused-ring (bicyclic) bond motifs is 1. The van der Waals surface area contributed by atoms with Crippen LogP contribution in [0.5, 0.6) is 11.5 Å². The van der Waals surface area contributed by atoms with E-state index in [2.05, 4.69) is 10.3 Å². The molecule has 0 aliphatic carbocycles. The molecule has 1 aromatic carbocycles. The molecule has 1 aromatic heterocycles. The van der Waals surface area contributed by atoms with Gasteiger partial charge in [-0.1, -0.05) is 11.6 Å². The average molecular weight is 361 g/mol. The third-order valence-corrected chi connectivity index (χ3v) is 4.09. The number of rotatable bonds is 4. The summed E-state index contributed by atoms with van der Waals surface area (Å²) in [6.07, 6.45) is 3.00. The Hall–Kier alpha value is -2.73. The first-order valence-electron chi connectivity index (χ1n) is 7.68. The van der Waals surface area contributed by atoms with Crippen LogP contribution in [0.3, 0.4) is 0 Å². The third-order valence-electron chi connectivity index (χ3n) is 3.81. The lowest BCUT2D eigenvalue weighted by Crippen LogP contribution is -2.26. The molecule has 1 aliphatic rings. The van der Waals surface area contributed by atoms with Crippen LogP contribution in [0.1, 0.15) is 22.4 Å². The minimum absolute atomic E-state index is 0.132. The van der Waals surface area contributed by atoms with Crippen molar-refractivity contribution in [3.8, 4) is 11.5 Å². The monoisotopic (exact) mass is 360 g/mol. The number of carbonyl (C=O) groups excluding carboxylic acids is 1. The number of pyridine rings is 1. The predicted molar refractivity (Wildman–Crippen MR) is 95.0 cm³/mol. The van der Waals surface area contributed by atoms with E-state index in [1.165, 1.54) is 6.08 Å². The van der Waals surface area contributed by atoms with Crippen LogP contribution in [-0.2, 0) is 11.3 Å². The fourth-order valence-corrected chi connectivity index (χ4v) is 2.86. The van der Waals surface area contributed by atoms with E-state index in [0.29, 0.717) is 27.6 Å². The first-order valence-corrected chi connectivity index (χ1v) is 8.06. The molecule has 0 saturated heterocycles. The van der Waals surface area contributed by atoms with Crippen LogP contribution in [0, 0.1) is 13.8 Å². The molecule has 1 amide bonds. The molecule has 0 spiro atoms. The van der Waals surface area contributed by atoms with E-state index in [1.54, 1.807) is 18.2 Å². The number of amides is 1. The predicted octanol–water partition coefficient (Wildman–Crippen LogP) is 2.70. The van der Waals surface area contributed by atoms with Crippen molar-refractivity contribution in [1.29, 1.82) is 0 Å². The van der Waals surface area contributed by atoms with Crippen molar-refractivity contribution in [2.75, 3.05) is 6.79 Å². The number of aryl methyl sites for hydroxylation is 2. The number of H-pyrrole nitrogens is 1. The number of hydrogen-bond acceptors (Lipinski definition) is 4. The lowest BCUT2D eigenvalue weighted by Gasteiger charge is -2.06. The molecule has 0 bridgehead atoms. The number of aromatic nitrogens is 1. The second-order valence-corrected chi connectivity index (χ2v) is 6.14. The maximum atomic E-state index is 12.0. The Labute approximate surface area is 149 Å². The summed E-state index contributed by atoms with van der Waals surface area (Å²) in [7, 11) is 0. The minimum atomic E-state index is -0.312. The van der Waals surface area contributed by atoms with E-state index < -0.39 is 0 Å². The molecule has 0 saturated carbocycles. The smallest absolute Gasteiger partial charge is 0.253 e. The summed E-state index contributed by atoms with van der Waals surface area (Å²) < 4.78 is 10.5. The van der Waals surface area contributed by atoms with Crippen LogP contribution in [0.15, 0.2) is 29.1 Å². The van der Waals surface area contributed by atoms with Crippen LogP contribution < -0.4 is 20.3 Å². The van der Waals surface area contributed by atoms with Crippen molar-refractivity contribution in [1.82, 2.24) is 10.3 Å². The van der Waals surface area contributed by atoms with Crippen LogP contribution in [0.4, 0.5) is 0 Å². The molecular weight excluding hydrogens is 344 g/mol. The van der Waals surface area contributed by atoms with E-state index in [0.717, 1.165) is 11.3 Å². The number of ether oxygens (including phenoxy) is 2. The van der Waals surface area contributed by atoms with Crippen molar-refractivity contribution in [2.45, 2.75) is 20.4 Å². The van der Waals surface area contributed by atoms with Gasteiger partial charge in [0.05, 0.1) is 5.02 Å². The maximum Gasteiger partial charge on any atom is 0.253 e. The molecule has 25 heavy (non-hydrogen) atoms. The number of benzene rings is 1. The molecule has 0 radical (unpaired) electrons. The zero-order valence-corrected chi connectivity index (χ0v) is 14.6. The quantitative estimate of drug-likeness (QED) is 0.821. The standard InChI is InChI=1S/C18H17ClN2O4/c1-10-5-11(2)21-18(23)13(10)8-20-16(22)4-3-12-6-14(19)17-15(7-12)24-9-25-17/h3-7H,8-9H2,1-2H3,(H,20,22)(H,21,23). The Kier molecular flexibility index (Phi) is 4.81. The molecule has 2 aromatic rings. The molecule has 3 rings (SSSR count). The minimum Gasteiger partial charge on any atom is -0.454 e. The van der Waals surface area contributed by atoms with Crippen molar-refractivity contribution >= 4 is 23.6 Å². The van der Waals surface area contributed by atoms with Crippen LogP contribution in [0.25, 0.3) is 6.08 Å². The summed E-state index contributed by atoms with van der Waals surface area (Å²) in [5.41, 5.74) is 2.70. The Bertz CT molecular complexity index is 918. The molecule has 1 aliphatic heterocycles. The summed E-state index contributed by atoms with van der Waals surface area (Å²) >= 11 is 6.10. The zero-order chi connectivity index (χ0) is 18.0. The van der Waals surface area contributed by atoms with Gasteiger partial charge in [0.25, 0.3) is 5.56 Å². The Morgan fingerprint density at radius 2 is 2.12 bits per heavy atom. The second-order valence-electron chi connectivity index (χ2n) is 5.73. The van der Waals surface area contributed by atoms with Crippen LogP contribution in [-0.4, -0.2) is 17.7 Å². The summed E-state index contributed by atoms with van der Waals surface area (Å²) in [6.45, 7) is 3.95. The fraction of sp³-hybridized carbons (Fsp3) is 0.222. The Balaban J connectivity index is 1.66. The molecule has 0 atom stereocenters. The molecule has 6 nitrogen and oxygen atoms in total. The van der Waals surface area contributed by atoms with Gasteiger partial charge >= 0.3 is 0 Å². The highest BCUT2D eigenvalue weighted by atomic mass is 35.5. The molecule has 2 N–H and O–H groups in total. The topological polar surface area (TPSA) is 80.4 Å². The highest BCUT2D eigenvalue weighted by Gasteiger charge is 2.17. The Morgan fingerprint density at radius 1 is 1.32 bits per heavy atom. The molecule has 0 unspecified atom stereocenters. The summed E-state index contributed by atoms with van der Waals surface area (Å²) in [5.74, 6) is 0.750. The highest BCUT2D eigenvalue weighted by Crippen LogP contribution is 2.40. The summed E-state index contributed by atoms with van der Waals surface area (Å²) in [4.78, 5) is 26.7. The normalized spacial score (nSPS) is 12.6.